The normalized spacial score (nSPS) is 11.2. The van der Waals surface area contributed by atoms with Gasteiger partial charge in [0.05, 0.1) is 11.0 Å². The molecule has 2 aromatic rings. The van der Waals surface area contributed by atoms with Gasteiger partial charge in [0.15, 0.2) is 0 Å². The largest absolute Gasteiger partial charge is 0.330 e. The number of imidazole rings is 1. The van der Waals surface area contributed by atoms with E-state index < -0.39 is 0 Å². The van der Waals surface area contributed by atoms with Crippen molar-refractivity contribution in [1.29, 1.82) is 0 Å². The van der Waals surface area contributed by atoms with E-state index in [2.05, 4.69) is 4.98 Å². The Hall–Kier alpha value is -1.20. The summed E-state index contributed by atoms with van der Waals surface area (Å²) in [5.41, 5.74) is 7.34. The van der Waals surface area contributed by atoms with Crippen molar-refractivity contribution < 1.29 is 0 Å². The molecular weight excluding hydrogens is 246 g/mol. The van der Waals surface area contributed by atoms with E-state index in [9.17, 15) is 4.79 Å². The summed E-state index contributed by atoms with van der Waals surface area (Å²) in [6.45, 7) is 1.54. The molecule has 0 unspecified atom stereocenters. The molecule has 0 amide bonds. The first kappa shape index (κ1) is 13.2. The molecule has 4 nitrogen and oxygen atoms in total. The van der Waals surface area contributed by atoms with Crippen LogP contribution in [0.5, 0.6) is 0 Å². The molecule has 1 aromatic heterocycles. The number of rotatable bonds is 7. The molecule has 3 N–H and O–H groups in total. The Morgan fingerprint density at radius 1 is 1.22 bits per heavy atom. The average molecular weight is 265 g/mol. The molecule has 0 aliphatic carbocycles. The van der Waals surface area contributed by atoms with E-state index in [1.165, 1.54) is 0 Å². The molecule has 0 aliphatic heterocycles. The third-order valence-electron chi connectivity index (χ3n) is 2.84. The highest BCUT2D eigenvalue weighted by Gasteiger charge is 2.04. The smallest absolute Gasteiger partial charge is 0.326 e. The number of H-pyrrole nitrogens is 1. The number of hydrogen-bond donors (Lipinski definition) is 2. The second kappa shape index (κ2) is 6.66. The number of hydrogen-bond acceptors (Lipinski definition) is 3. The lowest BCUT2D eigenvalue weighted by molar-refractivity contribution is 0.679. The fraction of sp³-hybridized carbons (Fsp3) is 0.462. The fourth-order valence-corrected chi connectivity index (χ4v) is 2.85. The first-order valence-corrected chi connectivity index (χ1v) is 7.44. The van der Waals surface area contributed by atoms with Crippen LogP contribution in [0.15, 0.2) is 29.1 Å². The van der Waals surface area contributed by atoms with Crippen LogP contribution >= 0.6 is 11.8 Å². The van der Waals surface area contributed by atoms with Gasteiger partial charge in [-0.3, -0.25) is 4.57 Å². The van der Waals surface area contributed by atoms with Gasteiger partial charge in [0.1, 0.15) is 0 Å². The Bertz CT molecular complexity index is 546. The number of nitrogens with two attached hydrogens (primary N) is 1. The first-order chi connectivity index (χ1) is 8.83. The van der Waals surface area contributed by atoms with E-state index in [0.717, 1.165) is 48.5 Å². The highest BCUT2D eigenvalue weighted by atomic mass is 32.2. The molecule has 0 fully saturated rings. The maximum absolute atomic E-state index is 11.8. The van der Waals surface area contributed by atoms with Crippen LogP contribution < -0.4 is 11.4 Å². The predicted octanol–water partition coefficient (Wildman–Crippen LogP) is 1.80. The Morgan fingerprint density at radius 3 is 2.83 bits per heavy atom. The summed E-state index contributed by atoms with van der Waals surface area (Å²) in [6, 6.07) is 7.81. The Labute approximate surface area is 111 Å². The lowest BCUT2D eigenvalue weighted by Gasteiger charge is -2.03. The third kappa shape index (κ3) is 3.17. The number of para-hydroxylation sites is 2. The van der Waals surface area contributed by atoms with E-state index in [0.29, 0.717) is 0 Å². The van der Waals surface area contributed by atoms with Crippen molar-refractivity contribution >= 4 is 22.8 Å². The van der Waals surface area contributed by atoms with Gasteiger partial charge in [-0.05, 0) is 43.0 Å². The standard InChI is InChI=1S/C13H19N3OS/c14-7-3-9-18-10-4-8-16-12-6-2-1-5-11(12)15-13(16)17/h1-2,5-6H,3-4,7-10,14H2,(H,15,17). The van der Waals surface area contributed by atoms with Crippen LogP contribution in [-0.4, -0.2) is 27.6 Å². The van der Waals surface area contributed by atoms with E-state index >= 15 is 0 Å². The molecule has 5 heteroatoms. The van der Waals surface area contributed by atoms with Gasteiger partial charge in [-0.15, -0.1) is 0 Å². The molecule has 0 radical (unpaired) electrons. The Morgan fingerprint density at radius 2 is 2.00 bits per heavy atom. The zero-order valence-electron chi connectivity index (χ0n) is 10.4. The fourth-order valence-electron chi connectivity index (χ4n) is 1.94. The molecule has 0 aliphatic rings. The van der Waals surface area contributed by atoms with Crippen molar-refractivity contribution in [2.24, 2.45) is 5.73 Å². The van der Waals surface area contributed by atoms with Crippen LogP contribution in [-0.2, 0) is 6.54 Å². The van der Waals surface area contributed by atoms with E-state index in [1.54, 1.807) is 0 Å². The predicted molar refractivity (Wildman–Crippen MR) is 78.2 cm³/mol. The number of aromatic nitrogens is 2. The number of nitrogens with zero attached hydrogens (tertiary/aromatic N) is 1. The van der Waals surface area contributed by atoms with Crippen LogP contribution in [0.2, 0.25) is 0 Å². The minimum Gasteiger partial charge on any atom is -0.330 e. The van der Waals surface area contributed by atoms with E-state index in [4.69, 9.17) is 5.73 Å². The molecule has 98 valence electrons. The number of nitrogens with one attached hydrogen (secondary N) is 1. The van der Waals surface area contributed by atoms with Crippen molar-refractivity contribution in [1.82, 2.24) is 9.55 Å². The van der Waals surface area contributed by atoms with Gasteiger partial charge in [0.25, 0.3) is 0 Å². The summed E-state index contributed by atoms with van der Waals surface area (Å²) in [7, 11) is 0. The van der Waals surface area contributed by atoms with Crippen LogP contribution in [0.3, 0.4) is 0 Å². The minimum absolute atomic E-state index is 0.0110. The van der Waals surface area contributed by atoms with Gasteiger partial charge in [0, 0.05) is 6.54 Å². The highest BCUT2D eigenvalue weighted by molar-refractivity contribution is 7.99. The molecule has 2 rings (SSSR count). The molecule has 0 saturated heterocycles. The Kier molecular flexibility index (Phi) is 4.90. The quantitative estimate of drug-likeness (QED) is 0.750. The minimum atomic E-state index is -0.0110. The number of benzene rings is 1. The van der Waals surface area contributed by atoms with Gasteiger partial charge < -0.3 is 10.7 Å². The molecule has 0 bridgehead atoms. The summed E-state index contributed by atoms with van der Waals surface area (Å²) in [4.78, 5) is 14.7. The summed E-state index contributed by atoms with van der Waals surface area (Å²) >= 11 is 1.91. The molecule has 0 spiro atoms. The first-order valence-electron chi connectivity index (χ1n) is 6.28. The molecule has 1 heterocycles. The molecule has 18 heavy (non-hydrogen) atoms. The lowest BCUT2D eigenvalue weighted by Crippen LogP contribution is -2.17. The van der Waals surface area contributed by atoms with Crippen LogP contribution in [0.1, 0.15) is 12.8 Å². The SMILES string of the molecule is NCCCSCCCn1c(=O)[nH]c2ccccc21. The van der Waals surface area contributed by atoms with Gasteiger partial charge in [-0.1, -0.05) is 12.1 Å². The Balaban J connectivity index is 1.91. The van der Waals surface area contributed by atoms with Gasteiger partial charge in [0.2, 0.25) is 0 Å². The summed E-state index contributed by atoms with van der Waals surface area (Å²) in [5.74, 6) is 2.19. The van der Waals surface area contributed by atoms with Crippen LogP contribution in [0.25, 0.3) is 11.0 Å². The molecule has 0 atom stereocenters. The number of aromatic amines is 1. The van der Waals surface area contributed by atoms with Crippen LogP contribution in [0.4, 0.5) is 0 Å². The average Bonchev–Trinajstić information content (AvgIpc) is 2.70. The van der Waals surface area contributed by atoms with Crippen molar-refractivity contribution in [2.75, 3.05) is 18.1 Å². The molecular formula is C13H19N3OS. The van der Waals surface area contributed by atoms with Gasteiger partial charge in [-0.2, -0.15) is 11.8 Å². The summed E-state index contributed by atoms with van der Waals surface area (Å²) in [5, 5.41) is 0. The van der Waals surface area contributed by atoms with Crippen molar-refractivity contribution in [3.8, 4) is 0 Å². The zero-order valence-corrected chi connectivity index (χ0v) is 11.2. The van der Waals surface area contributed by atoms with Crippen molar-refractivity contribution in [3.05, 3.63) is 34.7 Å². The van der Waals surface area contributed by atoms with E-state index in [-0.39, 0.29) is 5.69 Å². The maximum Gasteiger partial charge on any atom is 0.326 e. The van der Waals surface area contributed by atoms with E-state index in [1.807, 2.05) is 40.6 Å². The third-order valence-corrected chi connectivity index (χ3v) is 4.00. The second-order valence-electron chi connectivity index (χ2n) is 4.21. The van der Waals surface area contributed by atoms with Crippen molar-refractivity contribution in [3.63, 3.8) is 0 Å². The summed E-state index contributed by atoms with van der Waals surface area (Å²) in [6.07, 6.45) is 2.08. The highest BCUT2D eigenvalue weighted by Crippen LogP contribution is 2.10. The lowest BCUT2D eigenvalue weighted by atomic mass is 10.3. The monoisotopic (exact) mass is 265 g/mol. The van der Waals surface area contributed by atoms with Gasteiger partial charge >= 0.3 is 5.69 Å². The second-order valence-corrected chi connectivity index (χ2v) is 5.43. The summed E-state index contributed by atoms with van der Waals surface area (Å²) < 4.78 is 1.82. The number of thioether (sulfide) groups is 1. The maximum atomic E-state index is 11.8. The van der Waals surface area contributed by atoms with Gasteiger partial charge in [-0.25, -0.2) is 4.79 Å². The van der Waals surface area contributed by atoms with Crippen LogP contribution in [0, 0.1) is 0 Å². The zero-order chi connectivity index (χ0) is 12.8. The molecule has 0 saturated carbocycles. The molecule has 1 aromatic carbocycles. The number of aryl methyl sites for hydroxylation is 1. The topological polar surface area (TPSA) is 63.8 Å². The van der Waals surface area contributed by atoms with Crippen molar-refractivity contribution in [2.45, 2.75) is 19.4 Å². The number of fused-ring (bicyclic) bond motifs is 1.